The van der Waals surface area contributed by atoms with Gasteiger partial charge in [0.1, 0.15) is 5.76 Å². The van der Waals surface area contributed by atoms with Gasteiger partial charge in [0.15, 0.2) is 5.69 Å². The molecular formula is C17H20N4O4. The molecule has 25 heavy (non-hydrogen) atoms. The van der Waals surface area contributed by atoms with Gasteiger partial charge < -0.3 is 18.6 Å². The second-order valence-corrected chi connectivity index (χ2v) is 7.57. The van der Waals surface area contributed by atoms with Gasteiger partial charge in [-0.05, 0) is 19.8 Å². The molecule has 8 nitrogen and oxygen atoms in total. The SMILES string of the molecule is Cc1cc(C(=O)N2C[C@@H]3COC[C@]3(Cc3nnc(C4CC4)o3)C2)no1. The molecule has 1 saturated carbocycles. The molecule has 2 aromatic heterocycles. The molecule has 0 N–H and O–H groups in total. The number of aromatic nitrogens is 3. The molecule has 0 spiro atoms. The van der Waals surface area contributed by atoms with Crippen LogP contribution in [-0.4, -0.2) is 52.5 Å². The van der Waals surface area contributed by atoms with Gasteiger partial charge in [0.05, 0.1) is 13.2 Å². The van der Waals surface area contributed by atoms with Gasteiger partial charge in [0.25, 0.3) is 5.91 Å². The highest BCUT2D eigenvalue weighted by molar-refractivity contribution is 5.92. The van der Waals surface area contributed by atoms with Crippen molar-refractivity contribution in [2.75, 3.05) is 26.3 Å². The fourth-order valence-corrected chi connectivity index (χ4v) is 4.00. The van der Waals surface area contributed by atoms with Crippen molar-refractivity contribution < 1.29 is 18.5 Å². The van der Waals surface area contributed by atoms with Gasteiger partial charge in [-0.1, -0.05) is 5.16 Å². The predicted octanol–water partition coefficient (Wildman–Crippen LogP) is 1.57. The first kappa shape index (κ1) is 15.1. The third-order valence-corrected chi connectivity index (χ3v) is 5.57. The largest absolute Gasteiger partial charge is 0.425 e. The van der Waals surface area contributed by atoms with E-state index in [1.54, 1.807) is 13.0 Å². The molecule has 5 rings (SSSR count). The number of nitrogens with zero attached hydrogens (tertiary/aromatic N) is 4. The molecule has 0 bridgehead atoms. The van der Waals surface area contributed by atoms with Crippen LogP contribution in [0.25, 0.3) is 0 Å². The van der Waals surface area contributed by atoms with E-state index in [0.717, 1.165) is 18.7 Å². The number of amides is 1. The molecule has 132 valence electrons. The van der Waals surface area contributed by atoms with Crippen LogP contribution in [0.2, 0.25) is 0 Å². The normalized spacial score (nSPS) is 28.5. The molecule has 0 radical (unpaired) electrons. The summed E-state index contributed by atoms with van der Waals surface area (Å²) in [4.78, 5) is 14.5. The van der Waals surface area contributed by atoms with Crippen molar-refractivity contribution in [3.05, 3.63) is 29.3 Å². The van der Waals surface area contributed by atoms with E-state index in [-0.39, 0.29) is 17.2 Å². The maximum Gasteiger partial charge on any atom is 0.276 e. The Morgan fingerprint density at radius 1 is 1.40 bits per heavy atom. The second kappa shape index (κ2) is 5.39. The monoisotopic (exact) mass is 344 g/mol. The van der Waals surface area contributed by atoms with Crippen molar-refractivity contribution in [2.24, 2.45) is 11.3 Å². The molecule has 1 aliphatic carbocycles. The van der Waals surface area contributed by atoms with Crippen molar-refractivity contribution in [3.8, 4) is 0 Å². The van der Waals surface area contributed by atoms with Gasteiger partial charge in [-0.3, -0.25) is 4.79 Å². The lowest BCUT2D eigenvalue weighted by Gasteiger charge is -2.25. The highest BCUT2D eigenvalue weighted by Crippen LogP contribution is 2.45. The van der Waals surface area contributed by atoms with E-state index in [0.29, 0.717) is 56.0 Å². The zero-order valence-electron chi connectivity index (χ0n) is 14.1. The van der Waals surface area contributed by atoms with Crippen molar-refractivity contribution in [3.63, 3.8) is 0 Å². The number of aryl methyl sites for hydroxylation is 1. The van der Waals surface area contributed by atoms with Gasteiger partial charge in [0.2, 0.25) is 11.8 Å². The summed E-state index contributed by atoms with van der Waals surface area (Å²) in [6.07, 6.45) is 2.93. The molecule has 2 aromatic rings. The summed E-state index contributed by atoms with van der Waals surface area (Å²) >= 11 is 0. The Morgan fingerprint density at radius 2 is 2.28 bits per heavy atom. The predicted molar refractivity (Wildman–Crippen MR) is 83.9 cm³/mol. The van der Waals surface area contributed by atoms with Crippen molar-refractivity contribution in [1.82, 2.24) is 20.3 Å². The van der Waals surface area contributed by atoms with E-state index in [1.165, 1.54) is 0 Å². The summed E-state index contributed by atoms with van der Waals surface area (Å²) < 4.78 is 16.6. The second-order valence-electron chi connectivity index (χ2n) is 7.57. The first-order chi connectivity index (χ1) is 12.1. The summed E-state index contributed by atoms with van der Waals surface area (Å²) in [5, 5.41) is 12.3. The van der Waals surface area contributed by atoms with E-state index >= 15 is 0 Å². The molecule has 0 aromatic carbocycles. The van der Waals surface area contributed by atoms with Crippen LogP contribution in [0.15, 0.2) is 15.0 Å². The van der Waals surface area contributed by atoms with Crippen LogP contribution in [0.3, 0.4) is 0 Å². The van der Waals surface area contributed by atoms with E-state index < -0.39 is 0 Å². The molecule has 1 amide bonds. The summed E-state index contributed by atoms with van der Waals surface area (Å²) in [5.74, 6) is 2.69. The lowest BCUT2D eigenvalue weighted by atomic mass is 9.78. The quantitative estimate of drug-likeness (QED) is 0.831. The zero-order valence-corrected chi connectivity index (χ0v) is 14.1. The van der Waals surface area contributed by atoms with Crippen LogP contribution < -0.4 is 0 Å². The fourth-order valence-electron chi connectivity index (χ4n) is 4.00. The lowest BCUT2D eigenvalue weighted by molar-refractivity contribution is 0.0704. The van der Waals surface area contributed by atoms with Crippen LogP contribution >= 0.6 is 0 Å². The Labute approximate surface area is 144 Å². The van der Waals surface area contributed by atoms with Gasteiger partial charge in [-0.15, -0.1) is 10.2 Å². The Morgan fingerprint density at radius 3 is 3.04 bits per heavy atom. The number of hydrogen-bond acceptors (Lipinski definition) is 7. The van der Waals surface area contributed by atoms with Gasteiger partial charge in [-0.25, -0.2) is 0 Å². The Hall–Kier alpha value is -2.22. The van der Waals surface area contributed by atoms with Gasteiger partial charge >= 0.3 is 0 Å². The summed E-state index contributed by atoms with van der Waals surface area (Å²) in [5.41, 5.74) is 0.212. The van der Waals surface area contributed by atoms with E-state index in [2.05, 4.69) is 15.4 Å². The number of hydrogen-bond donors (Lipinski definition) is 0. The third-order valence-electron chi connectivity index (χ3n) is 5.57. The van der Waals surface area contributed by atoms with Crippen LogP contribution in [0.4, 0.5) is 0 Å². The Kier molecular flexibility index (Phi) is 3.25. The number of rotatable bonds is 4. The maximum absolute atomic E-state index is 12.7. The number of fused-ring (bicyclic) bond motifs is 1. The number of likely N-dealkylation sites (tertiary alicyclic amines) is 1. The van der Waals surface area contributed by atoms with Crippen LogP contribution in [0, 0.1) is 18.3 Å². The zero-order chi connectivity index (χ0) is 17.0. The smallest absolute Gasteiger partial charge is 0.276 e. The molecule has 0 unspecified atom stereocenters. The molecule has 8 heteroatoms. The van der Waals surface area contributed by atoms with Crippen molar-refractivity contribution in [1.29, 1.82) is 0 Å². The molecule has 2 saturated heterocycles. The third kappa shape index (κ3) is 2.55. The molecule has 3 fully saturated rings. The standard InChI is InChI=1S/C17H20N4O4/c1-10-4-13(20-25-10)16(22)21-6-12-7-23-9-17(12,8-21)5-14-18-19-15(24-14)11-2-3-11/h4,11-12H,2-3,5-9H2,1H3/t12-,17+/m1/s1. The molecule has 2 aliphatic heterocycles. The minimum atomic E-state index is -0.151. The van der Waals surface area contributed by atoms with E-state index in [1.807, 2.05) is 4.90 Å². The van der Waals surface area contributed by atoms with Crippen LogP contribution in [0.5, 0.6) is 0 Å². The lowest BCUT2D eigenvalue weighted by Crippen LogP contribution is -2.35. The average molecular weight is 344 g/mol. The van der Waals surface area contributed by atoms with E-state index in [4.69, 9.17) is 13.7 Å². The minimum absolute atomic E-state index is 0.0881. The Balaban J connectivity index is 1.35. The van der Waals surface area contributed by atoms with Crippen LogP contribution in [0.1, 0.15) is 46.8 Å². The number of carbonyl (C=O) groups excluding carboxylic acids is 1. The summed E-state index contributed by atoms with van der Waals surface area (Å²) in [6.45, 7) is 4.33. The maximum atomic E-state index is 12.7. The van der Waals surface area contributed by atoms with Crippen LogP contribution in [-0.2, 0) is 11.2 Å². The topological polar surface area (TPSA) is 94.5 Å². The van der Waals surface area contributed by atoms with Gasteiger partial charge in [-0.2, -0.15) is 0 Å². The number of ether oxygens (including phenoxy) is 1. The van der Waals surface area contributed by atoms with E-state index in [9.17, 15) is 4.79 Å². The summed E-state index contributed by atoms with van der Waals surface area (Å²) in [6, 6.07) is 1.68. The molecular weight excluding hydrogens is 324 g/mol. The van der Waals surface area contributed by atoms with Crippen molar-refractivity contribution >= 4 is 5.91 Å². The molecule has 4 heterocycles. The highest BCUT2D eigenvalue weighted by atomic mass is 16.5. The first-order valence-corrected chi connectivity index (χ1v) is 8.76. The average Bonchev–Trinajstić information content (AvgIpc) is 2.93. The molecule has 2 atom stereocenters. The highest BCUT2D eigenvalue weighted by Gasteiger charge is 2.53. The minimum Gasteiger partial charge on any atom is -0.425 e. The first-order valence-electron chi connectivity index (χ1n) is 8.76. The van der Waals surface area contributed by atoms with Crippen molar-refractivity contribution in [2.45, 2.75) is 32.1 Å². The molecule has 3 aliphatic rings. The summed E-state index contributed by atoms with van der Waals surface area (Å²) in [7, 11) is 0. The Bertz CT molecular complexity index is 811. The van der Waals surface area contributed by atoms with Gasteiger partial charge in [0, 0.05) is 42.8 Å². The fraction of sp³-hybridized carbons (Fsp3) is 0.647. The number of carbonyl (C=O) groups is 1.